The Morgan fingerprint density at radius 3 is 2.52 bits per heavy atom. The Hall–Kier alpha value is -1.16. The summed E-state index contributed by atoms with van der Waals surface area (Å²) in [4.78, 5) is 3.92. The normalized spacial score (nSPS) is 14.3. The van der Waals surface area contributed by atoms with E-state index in [0.29, 0.717) is 12.0 Å². The Balaban J connectivity index is 1.85. The maximum atomic E-state index is 3.47. The molecule has 1 aromatic carbocycles. The molecule has 21 heavy (non-hydrogen) atoms. The molecule has 0 aliphatic rings. The van der Waals surface area contributed by atoms with Crippen molar-refractivity contribution in [2.24, 2.45) is 5.92 Å². The highest BCUT2D eigenvalue weighted by Gasteiger charge is 2.18. The van der Waals surface area contributed by atoms with Crippen LogP contribution in [0.2, 0.25) is 0 Å². The van der Waals surface area contributed by atoms with E-state index in [1.54, 1.807) is 0 Å². The Bertz CT molecular complexity index is 495. The molecular weight excluding hydrogens is 276 g/mol. The quantitative estimate of drug-likeness (QED) is 0.797. The maximum absolute atomic E-state index is 3.47. The first-order valence-corrected chi connectivity index (χ1v) is 8.52. The van der Waals surface area contributed by atoms with Gasteiger partial charge in [-0.15, -0.1) is 11.3 Å². The van der Waals surface area contributed by atoms with Gasteiger partial charge in [0.05, 0.1) is 0 Å². The van der Waals surface area contributed by atoms with Gasteiger partial charge in [-0.1, -0.05) is 43.3 Å². The highest BCUT2D eigenvalue weighted by atomic mass is 32.1. The molecule has 0 aliphatic carbocycles. The van der Waals surface area contributed by atoms with Gasteiger partial charge in [-0.25, -0.2) is 0 Å². The molecule has 0 saturated heterocycles. The molecule has 2 rings (SSSR count). The summed E-state index contributed by atoms with van der Waals surface area (Å²) < 4.78 is 0. The number of thiophene rings is 1. The van der Waals surface area contributed by atoms with Gasteiger partial charge in [0.1, 0.15) is 0 Å². The molecule has 0 amide bonds. The van der Waals surface area contributed by atoms with E-state index in [-0.39, 0.29) is 0 Å². The van der Waals surface area contributed by atoms with Crippen LogP contribution in [0, 0.1) is 5.92 Å². The molecule has 0 radical (unpaired) electrons. The van der Waals surface area contributed by atoms with Crippen LogP contribution in [0.25, 0.3) is 0 Å². The third-order valence-electron chi connectivity index (χ3n) is 3.96. The highest BCUT2D eigenvalue weighted by Crippen LogP contribution is 2.22. The smallest absolute Gasteiger partial charge is 0.0355 e. The van der Waals surface area contributed by atoms with E-state index in [0.717, 1.165) is 19.5 Å². The third-order valence-corrected chi connectivity index (χ3v) is 4.89. The van der Waals surface area contributed by atoms with Crippen molar-refractivity contribution < 1.29 is 0 Å². The van der Waals surface area contributed by atoms with Crippen LogP contribution in [0.15, 0.2) is 47.8 Å². The van der Waals surface area contributed by atoms with E-state index in [2.05, 4.69) is 79.1 Å². The molecule has 0 saturated carbocycles. The number of nitrogens with one attached hydrogen (secondary N) is 1. The molecule has 2 nitrogen and oxygen atoms in total. The van der Waals surface area contributed by atoms with Crippen molar-refractivity contribution in [3.8, 4) is 0 Å². The fourth-order valence-corrected chi connectivity index (χ4v) is 3.58. The minimum Gasteiger partial charge on any atom is -0.313 e. The van der Waals surface area contributed by atoms with E-state index < -0.39 is 0 Å². The Kier molecular flexibility index (Phi) is 6.43. The Morgan fingerprint density at radius 2 is 1.90 bits per heavy atom. The van der Waals surface area contributed by atoms with Crippen LogP contribution in [0.3, 0.4) is 0 Å². The van der Waals surface area contributed by atoms with Crippen LogP contribution in [0.5, 0.6) is 0 Å². The second-order valence-electron chi connectivity index (χ2n) is 5.75. The van der Waals surface area contributed by atoms with Gasteiger partial charge in [-0.2, -0.15) is 0 Å². The molecule has 1 aromatic heterocycles. The Morgan fingerprint density at radius 1 is 1.14 bits per heavy atom. The first kappa shape index (κ1) is 16.2. The average Bonchev–Trinajstić information content (AvgIpc) is 3.00. The van der Waals surface area contributed by atoms with Crippen LogP contribution in [0.4, 0.5) is 0 Å². The van der Waals surface area contributed by atoms with Gasteiger partial charge >= 0.3 is 0 Å². The fourth-order valence-electron chi connectivity index (χ4n) is 2.88. The van der Waals surface area contributed by atoms with Gasteiger partial charge in [0.15, 0.2) is 0 Å². The molecule has 2 unspecified atom stereocenters. The third kappa shape index (κ3) is 4.95. The van der Waals surface area contributed by atoms with Crippen LogP contribution in [-0.2, 0) is 6.42 Å². The van der Waals surface area contributed by atoms with Crippen molar-refractivity contribution in [2.75, 3.05) is 27.2 Å². The molecule has 0 spiro atoms. The zero-order valence-electron chi connectivity index (χ0n) is 13.3. The van der Waals surface area contributed by atoms with Crippen LogP contribution in [0.1, 0.15) is 23.4 Å². The lowest BCUT2D eigenvalue weighted by Gasteiger charge is -2.28. The second kappa shape index (κ2) is 8.32. The zero-order valence-corrected chi connectivity index (χ0v) is 14.1. The number of hydrogen-bond donors (Lipinski definition) is 1. The largest absolute Gasteiger partial charge is 0.313 e. The summed E-state index contributed by atoms with van der Waals surface area (Å²) in [6.45, 7) is 4.55. The molecule has 0 fully saturated rings. The lowest BCUT2D eigenvalue weighted by molar-refractivity contribution is 0.254. The minimum absolute atomic E-state index is 0.412. The topological polar surface area (TPSA) is 15.3 Å². The number of nitrogens with zero attached hydrogens (tertiary/aromatic N) is 1. The van der Waals surface area contributed by atoms with E-state index in [1.807, 2.05) is 11.3 Å². The molecule has 0 aliphatic heterocycles. The average molecular weight is 302 g/mol. The van der Waals surface area contributed by atoms with Gasteiger partial charge < -0.3 is 10.2 Å². The lowest BCUT2D eigenvalue weighted by atomic mass is 9.94. The SMILES string of the molecule is CNC(c1ccccc1)C(C)CN(C)CCc1cccs1. The summed E-state index contributed by atoms with van der Waals surface area (Å²) in [6.07, 6.45) is 1.15. The fraction of sp³-hybridized carbons (Fsp3) is 0.444. The van der Waals surface area contributed by atoms with Crippen LogP contribution >= 0.6 is 11.3 Å². The van der Waals surface area contributed by atoms with Crippen molar-refractivity contribution in [3.05, 3.63) is 58.3 Å². The number of benzene rings is 1. The molecular formula is C18H26N2S. The summed E-state index contributed by atoms with van der Waals surface area (Å²) in [5, 5.41) is 5.63. The van der Waals surface area contributed by atoms with Gasteiger partial charge in [0.2, 0.25) is 0 Å². The molecule has 2 aromatic rings. The first-order valence-electron chi connectivity index (χ1n) is 7.64. The number of rotatable bonds is 8. The first-order chi connectivity index (χ1) is 10.2. The van der Waals surface area contributed by atoms with Gasteiger partial charge in [0, 0.05) is 24.0 Å². The predicted molar refractivity (Wildman–Crippen MR) is 92.9 cm³/mol. The minimum atomic E-state index is 0.412. The van der Waals surface area contributed by atoms with E-state index in [4.69, 9.17) is 0 Å². The van der Waals surface area contributed by atoms with Gasteiger partial charge in [-0.3, -0.25) is 0 Å². The summed E-state index contributed by atoms with van der Waals surface area (Å²) in [5.41, 5.74) is 1.37. The predicted octanol–water partition coefficient (Wildman–Crippen LogP) is 3.82. The molecule has 3 heteroatoms. The Labute approximate surface area is 132 Å². The van der Waals surface area contributed by atoms with Crippen molar-refractivity contribution in [1.82, 2.24) is 10.2 Å². The summed E-state index contributed by atoms with van der Waals surface area (Å²) >= 11 is 1.85. The van der Waals surface area contributed by atoms with E-state index in [9.17, 15) is 0 Å². The lowest BCUT2D eigenvalue weighted by Crippen LogP contribution is -2.33. The summed E-state index contributed by atoms with van der Waals surface area (Å²) in [6, 6.07) is 15.5. The van der Waals surface area contributed by atoms with Crippen LogP contribution < -0.4 is 5.32 Å². The van der Waals surface area contributed by atoms with Crippen molar-refractivity contribution in [3.63, 3.8) is 0 Å². The van der Waals surface area contributed by atoms with Gasteiger partial charge in [0.25, 0.3) is 0 Å². The van der Waals surface area contributed by atoms with Crippen LogP contribution in [-0.4, -0.2) is 32.1 Å². The van der Waals surface area contributed by atoms with E-state index in [1.165, 1.54) is 10.4 Å². The monoisotopic (exact) mass is 302 g/mol. The molecule has 114 valence electrons. The maximum Gasteiger partial charge on any atom is 0.0355 e. The number of likely N-dealkylation sites (N-methyl/N-ethyl adjacent to an activating group) is 1. The summed E-state index contributed by atoms with van der Waals surface area (Å²) in [7, 11) is 4.28. The zero-order chi connectivity index (χ0) is 15.1. The number of hydrogen-bond acceptors (Lipinski definition) is 3. The second-order valence-corrected chi connectivity index (χ2v) is 6.78. The van der Waals surface area contributed by atoms with Crippen molar-refractivity contribution >= 4 is 11.3 Å². The molecule has 2 atom stereocenters. The highest BCUT2D eigenvalue weighted by molar-refractivity contribution is 7.09. The molecule has 1 N–H and O–H groups in total. The van der Waals surface area contributed by atoms with Crippen molar-refractivity contribution in [2.45, 2.75) is 19.4 Å². The standard InChI is InChI=1S/C18H26N2S/c1-15(18(19-2)16-8-5-4-6-9-16)14-20(3)12-11-17-10-7-13-21-17/h4-10,13,15,18-19H,11-12,14H2,1-3H3. The molecule has 1 heterocycles. The molecule has 0 bridgehead atoms. The van der Waals surface area contributed by atoms with Crippen molar-refractivity contribution in [1.29, 1.82) is 0 Å². The summed E-state index contributed by atoms with van der Waals surface area (Å²) in [5.74, 6) is 0.575. The van der Waals surface area contributed by atoms with Gasteiger partial charge in [-0.05, 0) is 43.4 Å². The van der Waals surface area contributed by atoms with E-state index >= 15 is 0 Å².